The Hall–Kier alpha value is -3.74. The zero-order valence-electron chi connectivity index (χ0n) is 14.2. The number of rotatable bonds is 4. The minimum Gasteiger partial charge on any atom is -0.346 e. The Morgan fingerprint density at radius 2 is 2.07 bits per heavy atom. The number of halogens is 3. The second kappa shape index (κ2) is 6.77. The SMILES string of the molecule is N#CC[C@@H](c1cccnc1C(F)(F)F)n1cc(-c2ncnc3[nH]ccc23)cn1. The molecule has 4 aromatic heterocycles. The molecule has 0 spiro atoms. The van der Waals surface area contributed by atoms with Gasteiger partial charge in [-0.3, -0.25) is 9.67 Å². The molecular formula is C18H12F3N7. The summed E-state index contributed by atoms with van der Waals surface area (Å²) in [5, 5.41) is 14.1. The highest BCUT2D eigenvalue weighted by molar-refractivity contribution is 5.89. The highest BCUT2D eigenvalue weighted by Crippen LogP contribution is 2.35. The molecule has 0 fully saturated rings. The molecule has 0 saturated carbocycles. The van der Waals surface area contributed by atoms with Crippen molar-refractivity contribution in [2.75, 3.05) is 0 Å². The van der Waals surface area contributed by atoms with E-state index in [4.69, 9.17) is 0 Å². The Labute approximate surface area is 156 Å². The Bertz CT molecular complexity index is 1170. The molecule has 0 amide bonds. The summed E-state index contributed by atoms with van der Waals surface area (Å²) in [6, 6.07) is 5.52. The van der Waals surface area contributed by atoms with Crippen LogP contribution in [0.5, 0.6) is 0 Å². The topological polar surface area (TPSA) is 96.1 Å². The number of aromatic nitrogens is 6. The average molecular weight is 383 g/mol. The van der Waals surface area contributed by atoms with Gasteiger partial charge in [0.25, 0.3) is 0 Å². The van der Waals surface area contributed by atoms with Crippen LogP contribution >= 0.6 is 0 Å². The number of hydrogen-bond donors (Lipinski definition) is 1. The molecule has 0 radical (unpaired) electrons. The summed E-state index contributed by atoms with van der Waals surface area (Å²) in [7, 11) is 0. The summed E-state index contributed by atoms with van der Waals surface area (Å²) in [4.78, 5) is 14.8. The van der Waals surface area contributed by atoms with E-state index in [2.05, 4.69) is 25.0 Å². The summed E-state index contributed by atoms with van der Waals surface area (Å²) in [6.07, 6.45) is 2.43. The molecule has 1 N–H and O–H groups in total. The van der Waals surface area contributed by atoms with Crippen molar-refractivity contribution in [3.05, 3.63) is 60.6 Å². The van der Waals surface area contributed by atoms with E-state index in [-0.39, 0.29) is 12.0 Å². The number of aromatic amines is 1. The Morgan fingerprint density at radius 1 is 1.21 bits per heavy atom. The lowest BCUT2D eigenvalue weighted by Crippen LogP contribution is -2.18. The summed E-state index contributed by atoms with van der Waals surface area (Å²) in [6.45, 7) is 0. The van der Waals surface area contributed by atoms with E-state index < -0.39 is 17.9 Å². The van der Waals surface area contributed by atoms with E-state index in [0.29, 0.717) is 16.9 Å². The van der Waals surface area contributed by atoms with Crippen LogP contribution in [-0.4, -0.2) is 29.7 Å². The van der Waals surface area contributed by atoms with E-state index in [1.54, 1.807) is 18.5 Å². The first kappa shape index (κ1) is 17.7. The second-order valence-corrected chi connectivity index (χ2v) is 5.99. The smallest absolute Gasteiger partial charge is 0.346 e. The quantitative estimate of drug-likeness (QED) is 0.579. The molecule has 0 aliphatic carbocycles. The first-order valence-electron chi connectivity index (χ1n) is 8.20. The summed E-state index contributed by atoms with van der Waals surface area (Å²) in [5.74, 6) is 0. The number of H-pyrrole nitrogens is 1. The van der Waals surface area contributed by atoms with Crippen molar-refractivity contribution in [1.82, 2.24) is 29.7 Å². The molecule has 0 unspecified atom stereocenters. The predicted octanol–water partition coefficient (Wildman–Crippen LogP) is 3.74. The highest BCUT2D eigenvalue weighted by atomic mass is 19.4. The maximum atomic E-state index is 13.4. The fourth-order valence-electron chi connectivity index (χ4n) is 3.09. The van der Waals surface area contributed by atoms with Crippen molar-refractivity contribution >= 4 is 11.0 Å². The monoisotopic (exact) mass is 383 g/mol. The third-order valence-corrected chi connectivity index (χ3v) is 4.30. The van der Waals surface area contributed by atoms with E-state index in [1.807, 2.05) is 6.07 Å². The molecule has 0 bridgehead atoms. The highest BCUT2D eigenvalue weighted by Gasteiger charge is 2.37. The van der Waals surface area contributed by atoms with Gasteiger partial charge in [0.05, 0.1) is 30.4 Å². The normalized spacial score (nSPS) is 12.8. The lowest BCUT2D eigenvalue weighted by molar-refractivity contribution is -0.142. The van der Waals surface area contributed by atoms with Gasteiger partial charge in [0.15, 0.2) is 0 Å². The Kier molecular flexibility index (Phi) is 4.27. The zero-order chi connectivity index (χ0) is 19.7. The lowest BCUT2D eigenvalue weighted by Gasteiger charge is -2.19. The van der Waals surface area contributed by atoms with Gasteiger partial charge in [-0.05, 0) is 12.1 Å². The van der Waals surface area contributed by atoms with Gasteiger partial charge in [-0.1, -0.05) is 6.07 Å². The summed E-state index contributed by atoms with van der Waals surface area (Å²) in [5.41, 5.74) is 0.698. The number of hydrogen-bond acceptors (Lipinski definition) is 5. The van der Waals surface area contributed by atoms with Crippen LogP contribution in [0.15, 0.2) is 49.3 Å². The van der Waals surface area contributed by atoms with Gasteiger partial charge in [0.2, 0.25) is 0 Å². The van der Waals surface area contributed by atoms with Crippen molar-refractivity contribution in [2.24, 2.45) is 0 Å². The van der Waals surface area contributed by atoms with Gasteiger partial charge in [-0.25, -0.2) is 9.97 Å². The Morgan fingerprint density at radius 3 is 2.86 bits per heavy atom. The number of nitriles is 1. The number of fused-ring (bicyclic) bond motifs is 1. The molecule has 28 heavy (non-hydrogen) atoms. The van der Waals surface area contributed by atoms with Crippen molar-refractivity contribution in [3.63, 3.8) is 0 Å². The van der Waals surface area contributed by atoms with E-state index in [9.17, 15) is 18.4 Å². The lowest BCUT2D eigenvalue weighted by atomic mass is 10.0. The maximum Gasteiger partial charge on any atom is 0.433 e. The molecule has 0 saturated heterocycles. The average Bonchev–Trinajstić information content (AvgIpc) is 3.34. The molecule has 4 aromatic rings. The van der Waals surface area contributed by atoms with Crippen LogP contribution in [-0.2, 0) is 6.18 Å². The van der Waals surface area contributed by atoms with Gasteiger partial charge in [-0.2, -0.15) is 23.5 Å². The molecule has 140 valence electrons. The van der Waals surface area contributed by atoms with Gasteiger partial charge >= 0.3 is 6.18 Å². The summed E-state index contributed by atoms with van der Waals surface area (Å²) >= 11 is 0. The largest absolute Gasteiger partial charge is 0.433 e. The van der Waals surface area contributed by atoms with Crippen LogP contribution in [0.1, 0.15) is 23.7 Å². The third kappa shape index (κ3) is 3.07. The van der Waals surface area contributed by atoms with Gasteiger partial charge in [0, 0.05) is 35.1 Å². The van der Waals surface area contributed by atoms with E-state index in [0.717, 1.165) is 11.6 Å². The second-order valence-electron chi connectivity index (χ2n) is 5.99. The fraction of sp³-hybridized carbons (Fsp3) is 0.167. The molecular weight excluding hydrogens is 371 g/mol. The van der Waals surface area contributed by atoms with Crippen LogP contribution in [0.3, 0.4) is 0 Å². The van der Waals surface area contributed by atoms with Crippen molar-refractivity contribution in [3.8, 4) is 17.3 Å². The third-order valence-electron chi connectivity index (χ3n) is 4.30. The first-order chi connectivity index (χ1) is 13.5. The van der Waals surface area contributed by atoms with Crippen molar-refractivity contribution in [2.45, 2.75) is 18.6 Å². The molecule has 0 aromatic carbocycles. The number of alkyl halides is 3. The number of nitrogens with zero attached hydrogens (tertiary/aromatic N) is 6. The molecule has 4 rings (SSSR count). The van der Waals surface area contributed by atoms with Crippen molar-refractivity contribution in [1.29, 1.82) is 5.26 Å². The fourth-order valence-corrected chi connectivity index (χ4v) is 3.09. The van der Waals surface area contributed by atoms with E-state index in [1.165, 1.54) is 29.3 Å². The standard InChI is InChI=1S/C18H12F3N7/c19-18(20,21)16-12(2-1-6-23-16)14(3-5-22)28-9-11(8-27-28)15-13-4-7-24-17(13)26-10-25-15/h1-2,4,6-10,14H,3H2,(H,24,25,26)/t14-/m0/s1. The molecule has 0 aliphatic heterocycles. The van der Waals surface area contributed by atoms with Crippen LogP contribution in [0.25, 0.3) is 22.3 Å². The van der Waals surface area contributed by atoms with Crippen molar-refractivity contribution < 1.29 is 13.2 Å². The molecule has 10 heteroatoms. The zero-order valence-corrected chi connectivity index (χ0v) is 14.2. The molecule has 1 atom stereocenters. The maximum absolute atomic E-state index is 13.4. The first-order valence-corrected chi connectivity index (χ1v) is 8.20. The predicted molar refractivity (Wildman–Crippen MR) is 92.7 cm³/mol. The van der Waals surface area contributed by atoms with Crippen LogP contribution in [0.2, 0.25) is 0 Å². The molecule has 0 aliphatic rings. The number of pyridine rings is 1. The van der Waals surface area contributed by atoms with Crippen LogP contribution < -0.4 is 0 Å². The van der Waals surface area contributed by atoms with Gasteiger partial charge in [-0.15, -0.1) is 0 Å². The van der Waals surface area contributed by atoms with Gasteiger partial charge < -0.3 is 4.98 Å². The molecule has 4 heterocycles. The van der Waals surface area contributed by atoms with Gasteiger partial charge in [0.1, 0.15) is 17.7 Å². The van der Waals surface area contributed by atoms with E-state index >= 15 is 0 Å². The molecule has 7 nitrogen and oxygen atoms in total. The Balaban J connectivity index is 1.80. The minimum atomic E-state index is -4.63. The number of nitrogens with one attached hydrogen (secondary N) is 1. The minimum absolute atomic E-state index is 0.110. The summed E-state index contributed by atoms with van der Waals surface area (Å²) < 4.78 is 41.5. The van der Waals surface area contributed by atoms with Crippen LogP contribution in [0, 0.1) is 11.3 Å². The van der Waals surface area contributed by atoms with Crippen LogP contribution in [0.4, 0.5) is 13.2 Å².